The third-order valence-corrected chi connectivity index (χ3v) is 6.97. The summed E-state index contributed by atoms with van der Waals surface area (Å²) in [4.78, 5) is 7.78. The van der Waals surface area contributed by atoms with Crippen LogP contribution in [0.25, 0.3) is 0 Å². The van der Waals surface area contributed by atoms with Gasteiger partial charge in [0.1, 0.15) is 5.76 Å². The van der Waals surface area contributed by atoms with Crippen molar-refractivity contribution in [2.24, 2.45) is 5.92 Å². The van der Waals surface area contributed by atoms with Crippen LogP contribution < -0.4 is 4.90 Å². The smallest absolute Gasteiger partial charge is 0.117 e. The van der Waals surface area contributed by atoms with E-state index in [-0.39, 0.29) is 0 Å². The van der Waals surface area contributed by atoms with Gasteiger partial charge in [0.2, 0.25) is 0 Å². The normalized spacial score (nSPS) is 22.8. The molecule has 0 spiro atoms. The molecule has 1 aromatic heterocycles. The lowest BCUT2D eigenvalue weighted by Crippen LogP contribution is -2.48. The van der Waals surface area contributed by atoms with E-state index in [2.05, 4.69) is 82.3 Å². The molecule has 0 bridgehead atoms. The van der Waals surface area contributed by atoms with Crippen molar-refractivity contribution in [1.82, 2.24) is 9.80 Å². The Morgan fingerprint density at radius 2 is 1.58 bits per heavy atom. The molecule has 4 heteroatoms. The lowest BCUT2D eigenvalue weighted by atomic mass is 9.88. The standard InChI is InChI=1S/C27H33N3O/c1-22-9-11-23(12-10-22)27-21-29(20-26-8-5-17-31-26)19-24(27)18-28-13-15-30(16-14-28)25-6-3-2-4-7-25/h2-12,17,24,27H,13-16,18-21H2,1H3. The fourth-order valence-corrected chi connectivity index (χ4v) is 5.25. The van der Waals surface area contributed by atoms with Crippen molar-refractivity contribution in [1.29, 1.82) is 0 Å². The Balaban J connectivity index is 1.25. The van der Waals surface area contributed by atoms with E-state index in [1.807, 2.05) is 6.07 Å². The molecule has 0 N–H and O–H groups in total. The zero-order valence-corrected chi connectivity index (χ0v) is 18.5. The van der Waals surface area contributed by atoms with Crippen LogP contribution in [0, 0.1) is 12.8 Å². The van der Waals surface area contributed by atoms with Crippen LogP contribution in [0.5, 0.6) is 0 Å². The number of anilines is 1. The summed E-state index contributed by atoms with van der Waals surface area (Å²) in [6.45, 7) is 11.0. The van der Waals surface area contributed by atoms with Gasteiger partial charge in [-0.05, 0) is 42.7 Å². The van der Waals surface area contributed by atoms with Crippen LogP contribution in [0.2, 0.25) is 0 Å². The van der Waals surface area contributed by atoms with E-state index in [4.69, 9.17) is 4.42 Å². The largest absolute Gasteiger partial charge is 0.468 e. The highest BCUT2D eigenvalue weighted by Crippen LogP contribution is 2.34. The van der Waals surface area contributed by atoms with E-state index in [1.54, 1.807) is 6.26 Å². The number of piperazine rings is 1. The summed E-state index contributed by atoms with van der Waals surface area (Å²) in [6, 6.07) is 24.1. The second-order valence-electron chi connectivity index (χ2n) is 9.17. The lowest BCUT2D eigenvalue weighted by molar-refractivity contribution is 0.207. The second kappa shape index (κ2) is 9.29. The van der Waals surface area contributed by atoms with E-state index in [9.17, 15) is 0 Å². The minimum absolute atomic E-state index is 0.586. The Morgan fingerprint density at radius 1 is 0.806 bits per heavy atom. The number of hydrogen-bond acceptors (Lipinski definition) is 4. The highest BCUT2D eigenvalue weighted by molar-refractivity contribution is 5.46. The van der Waals surface area contributed by atoms with E-state index in [1.165, 1.54) is 23.4 Å². The molecule has 3 aromatic rings. The first-order valence-corrected chi connectivity index (χ1v) is 11.6. The van der Waals surface area contributed by atoms with Gasteiger partial charge in [-0.1, -0.05) is 48.0 Å². The Morgan fingerprint density at radius 3 is 2.29 bits per heavy atom. The SMILES string of the molecule is Cc1ccc(C2CN(Cc3ccco3)CC2CN2CCN(c3ccccc3)CC2)cc1. The minimum atomic E-state index is 0.586. The second-order valence-corrected chi connectivity index (χ2v) is 9.17. The molecule has 162 valence electrons. The first-order valence-electron chi connectivity index (χ1n) is 11.6. The monoisotopic (exact) mass is 415 g/mol. The zero-order valence-electron chi connectivity index (χ0n) is 18.5. The molecule has 0 amide bonds. The molecule has 5 rings (SSSR count). The van der Waals surface area contributed by atoms with Gasteiger partial charge in [0.15, 0.2) is 0 Å². The van der Waals surface area contributed by atoms with Crippen molar-refractivity contribution in [3.8, 4) is 0 Å². The van der Waals surface area contributed by atoms with Gasteiger partial charge in [0.25, 0.3) is 0 Å². The van der Waals surface area contributed by atoms with E-state index in [0.29, 0.717) is 11.8 Å². The number of aryl methyl sites for hydroxylation is 1. The van der Waals surface area contributed by atoms with Gasteiger partial charge in [-0.3, -0.25) is 9.80 Å². The van der Waals surface area contributed by atoms with Gasteiger partial charge >= 0.3 is 0 Å². The molecule has 0 saturated carbocycles. The quantitative estimate of drug-likeness (QED) is 0.586. The molecular weight excluding hydrogens is 382 g/mol. The fourth-order valence-electron chi connectivity index (χ4n) is 5.25. The van der Waals surface area contributed by atoms with Crippen molar-refractivity contribution < 1.29 is 4.42 Å². The summed E-state index contributed by atoms with van der Waals surface area (Å²) in [5.41, 5.74) is 4.17. The Labute approximate surface area is 186 Å². The number of para-hydroxylation sites is 1. The molecule has 2 saturated heterocycles. The summed E-state index contributed by atoms with van der Waals surface area (Å²) in [7, 11) is 0. The third kappa shape index (κ3) is 4.86. The zero-order chi connectivity index (χ0) is 21.0. The number of likely N-dealkylation sites (tertiary alicyclic amines) is 1. The van der Waals surface area contributed by atoms with E-state index >= 15 is 0 Å². The third-order valence-electron chi connectivity index (χ3n) is 6.97. The summed E-state index contributed by atoms with van der Waals surface area (Å²) >= 11 is 0. The summed E-state index contributed by atoms with van der Waals surface area (Å²) in [5, 5.41) is 0. The molecule has 2 aromatic carbocycles. The molecule has 3 heterocycles. The molecule has 4 nitrogen and oxygen atoms in total. The van der Waals surface area contributed by atoms with Crippen molar-refractivity contribution >= 4 is 5.69 Å². The van der Waals surface area contributed by atoms with Crippen molar-refractivity contribution in [2.75, 3.05) is 50.7 Å². The van der Waals surface area contributed by atoms with Gasteiger partial charge < -0.3 is 9.32 Å². The maximum Gasteiger partial charge on any atom is 0.117 e. The number of hydrogen-bond donors (Lipinski definition) is 0. The van der Waals surface area contributed by atoms with Crippen LogP contribution >= 0.6 is 0 Å². The Bertz CT molecular complexity index is 930. The van der Waals surface area contributed by atoms with Crippen LogP contribution in [0.3, 0.4) is 0 Å². The van der Waals surface area contributed by atoms with Crippen LogP contribution in [-0.2, 0) is 6.54 Å². The van der Waals surface area contributed by atoms with E-state index in [0.717, 1.165) is 51.6 Å². The molecule has 2 unspecified atom stereocenters. The van der Waals surface area contributed by atoms with Gasteiger partial charge in [-0.25, -0.2) is 0 Å². The van der Waals surface area contributed by atoms with Crippen LogP contribution in [0.4, 0.5) is 5.69 Å². The Kier molecular flexibility index (Phi) is 6.10. The average Bonchev–Trinajstić information content (AvgIpc) is 3.46. The molecular formula is C27H33N3O. The first-order chi connectivity index (χ1) is 15.2. The molecule has 0 aliphatic carbocycles. The number of nitrogens with zero attached hydrogens (tertiary/aromatic N) is 3. The topological polar surface area (TPSA) is 22.9 Å². The molecule has 2 aliphatic heterocycles. The summed E-state index contributed by atoms with van der Waals surface area (Å²) in [6.07, 6.45) is 1.78. The summed E-state index contributed by atoms with van der Waals surface area (Å²) < 4.78 is 5.63. The van der Waals surface area contributed by atoms with Crippen LogP contribution in [0.15, 0.2) is 77.4 Å². The van der Waals surface area contributed by atoms with Gasteiger partial charge in [0, 0.05) is 57.4 Å². The van der Waals surface area contributed by atoms with Crippen molar-refractivity contribution in [3.05, 3.63) is 89.9 Å². The van der Waals surface area contributed by atoms with Crippen molar-refractivity contribution in [3.63, 3.8) is 0 Å². The van der Waals surface area contributed by atoms with Crippen molar-refractivity contribution in [2.45, 2.75) is 19.4 Å². The minimum Gasteiger partial charge on any atom is -0.468 e. The molecule has 31 heavy (non-hydrogen) atoms. The first kappa shape index (κ1) is 20.3. The number of furan rings is 1. The number of rotatable bonds is 6. The fraction of sp³-hybridized carbons (Fsp3) is 0.407. The predicted molar refractivity (Wildman–Crippen MR) is 126 cm³/mol. The van der Waals surface area contributed by atoms with Crippen LogP contribution in [0.1, 0.15) is 22.8 Å². The molecule has 2 aliphatic rings. The van der Waals surface area contributed by atoms with Gasteiger partial charge in [-0.2, -0.15) is 0 Å². The van der Waals surface area contributed by atoms with Crippen LogP contribution in [-0.4, -0.2) is 55.6 Å². The average molecular weight is 416 g/mol. The molecule has 2 fully saturated rings. The maximum atomic E-state index is 5.63. The maximum absolute atomic E-state index is 5.63. The highest BCUT2D eigenvalue weighted by atomic mass is 16.3. The number of benzene rings is 2. The molecule has 0 radical (unpaired) electrons. The highest BCUT2D eigenvalue weighted by Gasteiger charge is 2.35. The Hall–Kier alpha value is -2.56. The van der Waals surface area contributed by atoms with E-state index < -0.39 is 0 Å². The van der Waals surface area contributed by atoms with Gasteiger partial charge in [0.05, 0.1) is 12.8 Å². The van der Waals surface area contributed by atoms with Gasteiger partial charge in [-0.15, -0.1) is 0 Å². The summed E-state index contributed by atoms with van der Waals surface area (Å²) in [5.74, 6) is 2.31. The molecule has 2 atom stereocenters. The lowest BCUT2D eigenvalue weighted by Gasteiger charge is -2.38. The predicted octanol–water partition coefficient (Wildman–Crippen LogP) is 4.63.